The molecule has 0 saturated heterocycles. The zero-order valence-electron chi connectivity index (χ0n) is 17.0. The summed E-state index contributed by atoms with van der Waals surface area (Å²) in [5, 5.41) is 5.06. The number of nitrogens with zero attached hydrogens (tertiary/aromatic N) is 3. The van der Waals surface area contributed by atoms with Crippen LogP contribution < -0.4 is 10.1 Å². The Morgan fingerprint density at radius 1 is 1.30 bits per heavy atom. The van der Waals surface area contributed by atoms with Gasteiger partial charge >= 0.3 is 0 Å². The lowest BCUT2D eigenvalue weighted by molar-refractivity contribution is -0.121. The first-order chi connectivity index (χ1) is 14.5. The molecule has 1 N–H and O–H groups in total. The highest BCUT2D eigenvalue weighted by atomic mass is 32.1. The number of hydrogen-bond donors (Lipinski definition) is 1. The Labute approximate surface area is 178 Å². The molecule has 3 heterocycles. The summed E-state index contributed by atoms with van der Waals surface area (Å²) < 4.78 is 12.9. The Balaban J connectivity index is 1.56. The molecule has 0 aliphatic rings. The number of aromatic nitrogens is 3. The molecule has 1 amide bonds. The largest absolute Gasteiger partial charge is 0.497 e. The molecular formula is C22H22N4O3S. The van der Waals surface area contributed by atoms with Gasteiger partial charge in [-0.15, -0.1) is 11.3 Å². The third kappa shape index (κ3) is 4.13. The number of ether oxygens (including phenoxy) is 1. The fraction of sp³-hybridized carbons (Fsp3) is 0.227. The molecule has 0 aliphatic carbocycles. The Morgan fingerprint density at radius 2 is 2.10 bits per heavy atom. The van der Waals surface area contributed by atoms with E-state index < -0.39 is 6.04 Å². The normalized spacial score (nSPS) is 12.0. The predicted molar refractivity (Wildman–Crippen MR) is 114 cm³/mol. The number of carbonyl (C=O) groups excluding carboxylic acids is 1. The second-order valence-corrected chi connectivity index (χ2v) is 7.79. The maximum absolute atomic E-state index is 12.9. The van der Waals surface area contributed by atoms with Crippen LogP contribution in [0.3, 0.4) is 0 Å². The summed E-state index contributed by atoms with van der Waals surface area (Å²) in [5.74, 6) is 2.52. The van der Waals surface area contributed by atoms with E-state index in [4.69, 9.17) is 9.15 Å². The number of amides is 1. The lowest BCUT2D eigenvalue weighted by atomic mass is 10.1. The molecule has 7 nitrogen and oxygen atoms in total. The second kappa shape index (κ2) is 8.54. The van der Waals surface area contributed by atoms with Crippen LogP contribution in [-0.2, 0) is 18.3 Å². The summed E-state index contributed by atoms with van der Waals surface area (Å²) >= 11 is 1.55. The molecule has 4 aromatic rings. The lowest BCUT2D eigenvalue weighted by Crippen LogP contribution is -2.32. The van der Waals surface area contributed by atoms with Crippen LogP contribution in [0, 0.1) is 6.92 Å². The van der Waals surface area contributed by atoms with E-state index in [1.165, 1.54) is 0 Å². The van der Waals surface area contributed by atoms with Crippen LogP contribution in [0.4, 0.5) is 0 Å². The van der Waals surface area contributed by atoms with Crippen LogP contribution >= 0.6 is 11.3 Å². The summed E-state index contributed by atoms with van der Waals surface area (Å²) in [5.41, 5.74) is 1.54. The van der Waals surface area contributed by atoms with E-state index in [0.29, 0.717) is 17.3 Å². The van der Waals surface area contributed by atoms with Crippen molar-refractivity contribution in [2.24, 2.45) is 7.05 Å². The number of imidazole rings is 1. The van der Waals surface area contributed by atoms with Crippen molar-refractivity contribution in [2.75, 3.05) is 7.11 Å². The van der Waals surface area contributed by atoms with E-state index >= 15 is 0 Å². The van der Waals surface area contributed by atoms with E-state index in [0.717, 1.165) is 22.0 Å². The highest BCUT2D eigenvalue weighted by Crippen LogP contribution is 2.27. The molecule has 0 fully saturated rings. The second-order valence-electron chi connectivity index (χ2n) is 6.85. The Bertz CT molecular complexity index is 1130. The van der Waals surface area contributed by atoms with E-state index in [1.807, 2.05) is 66.5 Å². The minimum Gasteiger partial charge on any atom is -0.497 e. The third-order valence-electron chi connectivity index (χ3n) is 4.82. The third-order valence-corrected chi connectivity index (χ3v) is 5.68. The summed E-state index contributed by atoms with van der Waals surface area (Å²) in [4.78, 5) is 22.8. The summed E-state index contributed by atoms with van der Waals surface area (Å²) in [6.45, 7) is 1.83. The average Bonchev–Trinajstić information content (AvgIpc) is 3.49. The van der Waals surface area contributed by atoms with Gasteiger partial charge in [-0.05, 0) is 36.1 Å². The first kappa shape index (κ1) is 19.9. The van der Waals surface area contributed by atoms with Crippen molar-refractivity contribution in [1.29, 1.82) is 0 Å². The molecule has 0 aliphatic heterocycles. The number of nitrogens with one attached hydrogen (secondary N) is 1. The van der Waals surface area contributed by atoms with Gasteiger partial charge in [-0.2, -0.15) is 0 Å². The van der Waals surface area contributed by atoms with Gasteiger partial charge in [0.25, 0.3) is 0 Å². The zero-order valence-corrected chi connectivity index (χ0v) is 17.8. The fourth-order valence-corrected chi connectivity index (χ4v) is 3.86. The van der Waals surface area contributed by atoms with Crippen molar-refractivity contribution in [3.63, 3.8) is 0 Å². The van der Waals surface area contributed by atoms with E-state index in [2.05, 4.69) is 15.3 Å². The first-order valence-corrected chi connectivity index (χ1v) is 10.3. The molecule has 1 aromatic carbocycles. The molecule has 8 heteroatoms. The molecule has 4 rings (SSSR count). The number of aryl methyl sites for hydroxylation is 2. The van der Waals surface area contributed by atoms with Gasteiger partial charge in [0.15, 0.2) is 0 Å². The average molecular weight is 423 g/mol. The van der Waals surface area contributed by atoms with E-state index in [1.54, 1.807) is 24.6 Å². The Kier molecular flexibility index (Phi) is 5.67. The van der Waals surface area contributed by atoms with Crippen LogP contribution in [-0.4, -0.2) is 27.6 Å². The van der Waals surface area contributed by atoms with Gasteiger partial charge in [0.2, 0.25) is 11.8 Å². The Morgan fingerprint density at radius 3 is 2.73 bits per heavy atom. The van der Waals surface area contributed by atoms with Crippen LogP contribution in [0.5, 0.6) is 5.75 Å². The van der Waals surface area contributed by atoms with Crippen molar-refractivity contribution in [1.82, 2.24) is 19.9 Å². The summed E-state index contributed by atoms with van der Waals surface area (Å²) in [7, 11) is 3.53. The highest BCUT2D eigenvalue weighted by Gasteiger charge is 2.22. The molecule has 0 bridgehead atoms. The number of rotatable bonds is 7. The van der Waals surface area contributed by atoms with Crippen molar-refractivity contribution >= 4 is 17.2 Å². The number of thiophene rings is 1. The van der Waals surface area contributed by atoms with Gasteiger partial charge in [-0.3, -0.25) is 4.79 Å². The van der Waals surface area contributed by atoms with Crippen molar-refractivity contribution in [3.05, 3.63) is 77.0 Å². The predicted octanol–water partition coefficient (Wildman–Crippen LogP) is 3.90. The molecule has 0 saturated carbocycles. The number of hydrogen-bond acceptors (Lipinski definition) is 6. The van der Waals surface area contributed by atoms with Gasteiger partial charge in [-0.1, -0.05) is 18.2 Å². The van der Waals surface area contributed by atoms with Crippen LogP contribution in [0.1, 0.15) is 28.9 Å². The first-order valence-electron chi connectivity index (χ1n) is 9.46. The molecule has 30 heavy (non-hydrogen) atoms. The molecule has 0 unspecified atom stereocenters. The number of benzene rings is 1. The summed E-state index contributed by atoms with van der Waals surface area (Å²) in [6, 6.07) is 11.1. The van der Waals surface area contributed by atoms with Crippen molar-refractivity contribution in [2.45, 2.75) is 19.4 Å². The number of oxazole rings is 1. The fourth-order valence-electron chi connectivity index (χ4n) is 3.21. The zero-order chi connectivity index (χ0) is 21.1. The molecule has 0 spiro atoms. The molecule has 0 radical (unpaired) electrons. The van der Waals surface area contributed by atoms with Gasteiger partial charge in [0, 0.05) is 19.4 Å². The maximum atomic E-state index is 12.9. The lowest BCUT2D eigenvalue weighted by Gasteiger charge is -2.19. The molecule has 154 valence electrons. The Hall–Kier alpha value is -3.39. The SMILES string of the molecule is COc1ccc([C@H](NC(=O)Cc2nc(-c3cccs3)oc2C)c2nccn2C)cc1. The standard InChI is InChI=1S/C22H22N4O3S/c1-14-17(24-22(29-14)18-5-4-12-30-18)13-19(27)25-20(21-23-10-11-26(21)2)15-6-8-16(28-3)9-7-15/h4-12,20H,13H2,1-3H3,(H,25,27)/t20-/m0/s1. The minimum atomic E-state index is -0.396. The van der Waals surface area contributed by atoms with E-state index in [9.17, 15) is 4.79 Å². The monoisotopic (exact) mass is 422 g/mol. The maximum Gasteiger partial charge on any atom is 0.236 e. The van der Waals surface area contributed by atoms with Crippen molar-refractivity contribution in [3.8, 4) is 16.5 Å². The highest BCUT2D eigenvalue weighted by molar-refractivity contribution is 7.13. The van der Waals surface area contributed by atoms with Crippen LogP contribution in [0.15, 0.2) is 58.6 Å². The van der Waals surface area contributed by atoms with Crippen molar-refractivity contribution < 1.29 is 13.9 Å². The molecule has 1 atom stereocenters. The molecular weight excluding hydrogens is 400 g/mol. The number of carbonyl (C=O) groups is 1. The number of methoxy groups -OCH3 is 1. The van der Waals surface area contributed by atoms with Gasteiger partial charge < -0.3 is 19.0 Å². The summed E-state index contributed by atoms with van der Waals surface area (Å²) in [6.07, 6.45) is 3.69. The topological polar surface area (TPSA) is 82.2 Å². The van der Waals surface area contributed by atoms with Gasteiger partial charge in [-0.25, -0.2) is 9.97 Å². The van der Waals surface area contributed by atoms with Gasteiger partial charge in [0.05, 0.1) is 24.1 Å². The minimum absolute atomic E-state index is 0.123. The van der Waals surface area contributed by atoms with E-state index in [-0.39, 0.29) is 12.3 Å². The van der Waals surface area contributed by atoms with Crippen LogP contribution in [0.2, 0.25) is 0 Å². The molecule has 3 aromatic heterocycles. The quantitative estimate of drug-likeness (QED) is 0.488. The van der Waals surface area contributed by atoms with Gasteiger partial charge in [0.1, 0.15) is 23.4 Å². The van der Waals surface area contributed by atoms with Crippen LogP contribution in [0.25, 0.3) is 10.8 Å². The smallest absolute Gasteiger partial charge is 0.236 e.